The Labute approximate surface area is 92.3 Å². The molecular formula is C11H22N4. The van der Waals surface area contributed by atoms with Crippen LogP contribution in [0.5, 0.6) is 0 Å². The molecule has 0 saturated carbocycles. The van der Waals surface area contributed by atoms with E-state index in [4.69, 9.17) is 0 Å². The summed E-state index contributed by atoms with van der Waals surface area (Å²) in [5, 5.41) is 3.09. The van der Waals surface area contributed by atoms with Crippen LogP contribution in [0, 0.1) is 5.41 Å². The molecule has 0 fully saturated rings. The van der Waals surface area contributed by atoms with Crippen LogP contribution in [0.3, 0.4) is 0 Å². The van der Waals surface area contributed by atoms with Crippen LogP contribution in [0.2, 0.25) is 0 Å². The average Bonchev–Trinajstić information content (AvgIpc) is 2.48. The van der Waals surface area contributed by atoms with Crippen molar-refractivity contribution in [3.05, 3.63) is 12.4 Å². The van der Waals surface area contributed by atoms with Gasteiger partial charge in [-0.15, -0.1) is 0 Å². The Kier molecular flexibility index (Phi) is 3.74. The predicted molar refractivity (Wildman–Crippen MR) is 64.1 cm³/mol. The first-order chi connectivity index (χ1) is 6.94. The molecule has 0 aromatic carbocycles. The van der Waals surface area contributed by atoms with Gasteiger partial charge in [-0.1, -0.05) is 13.8 Å². The number of hydrogen-bond acceptors (Lipinski definition) is 3. The Hall–Kier alpha value is -1.03. The van der Waals surface area contributed by atoms with Crippen LogP contribution in [0.4, 0.5) is 5.95 Å². The number of nitrogens with one attached hydrogen (secondary N) is 1. The van der Waals surface area contributed by atoms with Crippen molar-refractivity contribution in [2.24, 2.45) is 5.41 Å². The summed E-state index contributed by atoms with van der Waals surface area (Å²) in [6.07, 6.45) is 3.85. The molecule has 1 rings (SSSR count). The van der Waals surface area contributed by atoms with Gasteiger partial charge in [0.2, 0.25) is 5.95 Å². The topological polar surface area (TPSA) is 33.1 Å². The summed E-state index contributed by atoms with van der Waals surface area (Å²) in [4.78, 5) is 6.45. The standard InChI is InChI=1S/C11H22N4/c1-11(2,8-14(4)5)9-15-7-6-13-10(15)12-3/h6-7H,8-9H2,1-5H3,(H,12,13). The third-order valence-corrected chi connectivity index (χ3v) is 2.28. The van der Waals surface area contributed by atoms with E-state index in [1.165, 1.54) is 0 Å². The molecule has 86 valence electrons. The minimum Gasteiger partial charge on any atom is -0.359 e. The molecule has 4 heteroatoms. The second-order valence-electron chi connectivity index (χ2n) is 5.03. The van der Waals surface area contributed by atoms with Crippen molar-refractivity contribution in [3.63, 3.8) is 0 Å². The monoisotopic (exact) mass is 210 g/mol. The molecule has 0 spiro atoms. The number of nitrogens with zero attached hydrogens (tertiary/aromatic N) is 3. The van der Waals surface area contributed by atoms with Gasteiger partial charge in [0.15, 0.2) is 0 Å². The second-order valence-corrected chi connectivity index (χ2v) is 5.03. The maximum absolute atomic E-state index is 4.24. The number of aromatic nitrogens is 2. The molecular weight excluding hydrogens is 188 g/mol. The molecule has 0 radical (unpaired) electrons. The van der Waals surface area contributed by atoms with Crippen molar-refractivity contribution in [3.8, 4) is 0 Å². The molecule has 0 amide bonds. The van der Waals surface area contributed by atoms with E-state index in [0.29, 0.717) is 0 Å². The van der Waals surface area contributed by atoms with E-state index >= 15 is 0 Å². The minimum atomic E-state index is 0.246. The lowest BCUT2D eigenvalue weighted by Crippen LogP contribution is -2.32. The maximum atomic E-state index is 4.24. The number of imidazole rings is 1. The zero-order valence-electron chi connectivity index (χ0n) is 10.4. The molecule has 0 aliphatic heterocycles. The van der Waals surface area contributed by atoms with Crippen LogP contribution in [0.1, 0.15) is 13.8 Å². The van der Waals surface area contributed by atoms with E-state index in [-0.39, 0.29) is 5.41 Å². The number of hydrogen-bond donors (Lipinski definition) is 1. The normalized spacial score (nSPS) is 12.1. The fraction of sp³-hybridized carbons (Fsp3) is 0.727. The SMILES string of the molecule is CNc1nccn1CC(C)(C)CN(C)C. The highest BCUT2D eigenvalue weighted by atomic mass is 15.2. The van der Waals surface area contributed by atoms with E-state index in [1.54, 1.807) is 0 Å². The van der Waals surface area contributed by atoms with Crippen molar-refractivity contribution in [1.29, 1.82) is 0 Å². The molecule has 0 aliphatic rings. The molecule has 1 heterocycles. The van der Waals surface area contributed by atoms with E-state index < -0.39 is 0 Å². The van der Waals surface area contributed by atoms with E-state index in [0.717, 1.165) is 19.0 Å². The Bertz CT molecular complexity index is 301. The molecule has 0 saturated heterocycles. The number of rotatable bonds is 5. The lowest BCUT2D eigenvalue weighted by molar-refractivity contribution is 0.212. The van der Waals surface area contributed by atoms with Crippen LogP contribution < -0.4 is 5.32 Å². The van der Waals surface area contributed by atoms with Gasteiger partial charge in [0.05, 0.1) is 0 Å². The van der Waals surface area contributed by atoms with Crippen LogP contribution in [-0.2, 0) is 6.54 Å². The summed E-state index contributed by atoms with van der Waals surface area (Å²) in [5.74, 6) is 0.932. The molecule has 15 heavy (non-hydrogen) atoms. The first kappa shape index (κ1) is 12.0. The summed E-state index contributed by atoms with van der Waals surface area (Å²) in [6, 6.07) is 0. The summed E-state index contributed by atoms with van der Waals surface area (Å²) >= 11 is 0. The van der Waals surface area contributed by atoms with Crippen molar-refractivity contribution >= 4 is 5.95 Å². The molecule has 4 nitrogen and oxygen atoms in total. The largest absolute Gasteiger partial charge is 0.359 e. The molecule has 1 aromatic rings. The minimum absolute atomic E-state index is 0.246. The zero-order chi connectivity index (χ0) is 11.5. The van der Waals surface area contributed by atoms with Crippen molar-refractivity contribution in [1.82, 2.24) is 14.5 Å². The summed E-state index contributed by atoms with van der Waals surface area (Å²) in [6.45, 7) is 6.58. The summed E-state index contributed by atoms with van der Waals surface area (Å²) in [5.41, 5.74) is 0.246. The van der Waals surface area contributed by atoms with Crippen LogP contribution in [0.15, 0.2) is 12.4 Å². The van der Waals surface area contributed by atoms with Gasteiger partial charge in [0.1, 0.15) is 0 Å². The lowest BCUT2D eigenvalue weighted by atomic mass is 9.93. The van der Waals surface area contributed by atoms with Crippen LogP contribution in [-0.4, -0.2) is 42.1 Å². The molecule has 0 unspecified atom stereocenters. The van der Waals surface area contributed by atoms with E-state index in [2.05, 4.69) is 47.7 Å². The smallest absolute Gasteiger partial charge is 0.202 e. The van der Waals surface area contributed by atoms with Gasteiger partial charge in [0.25, 0.3) is 0 Å². The van der Waals surface area contributed by atoms with Crippen LogP contribution in [0.25, 0.3) is 0 Å². The lowest BCUT2D eigenvalue weighted by Gasteiger charge is -2.29. The first-order valence-electron chi connectivity index (χ1n) is 5.28. The molecule has 1 aromatic heterocycles. The Morgan fingerprint density at radius 1 is 1.47 bits per heavy atom. The average molecular weight is 210 g/mol. The van der Waals surface area contributed by atoms with Crippen LogP contribution >= 0.6 is 0 Å². The highest BCUT2D eigenvalue weighted by molar-refractivity contribution is 5.24. The van der Waals surface area contributed by atoms with Crippen molar-refractivity contribution in [2.75, 3.05) is 33.0 Å². The fourth-order valence-corrected chi connectivity index (χ4v) is 2.03. The van der Waals surface area contributed by atoms with Gasteiger partial charge in [-0.25, -0.2) is 4.98 Å². The molecule has 0 bridgehead atoms. The molecule has 0 aliphatic carbocycles. The van der Waals surface area contributed by atoms with E-state index in [1.807, 2.05) is 19.4 Å². The van der Waals surface area contributed by atoms with Gasteiger partial charge in [-0.3, -0.25) is 0 Å². The van der Waals surface area contributed by atoms with E-state index in [9.17, 15) is 0 Å². The third-order valence-electron chi connectivity index (χ3n) is 2.28. The molecule has 0 atom stereocenters. The second kappa shape index (κ2) is 4.66. The fourth-order valence-electron chi connectivity index (χ4n) is 2.03. The summed E-state index contributed by atoms with van der Waals surface area (Å²) in [7, 11) is 6.11. The van der Waals surface area contributed by atoms with Gasteiger partial charge in [0, 0.05) is 32.5 Å². The van der Waals surface area contributed by atoms with Gasteiger partial charge < -0.3 is 14.8 Å². The Balaban J connectivity index is 2.68. The first-order valence-corrected chi connectivity index (χ1v) is 5.28. The maximum Gasteiger partial charge on any atom is 0.202 e. The van der Waals surface area contributed by atoms with Crippen molar-refractivity contribution in [2.45, 2.75) is 20.4 Å². The summed E-state index contributed by atoms with van der Waals surface area (Å²) < 4.78 is 2.16. The van der Waals surface area contributed by atoms with Gasteiger partial charge in [-0.05, 0) is 19.5 Å². The van der Waals surface area contributed by atoms with Gasteiger partial charge in [-0.2, -0.15) is 0 Å². The highest BCUT2D eigenvalue weighted by Crippen LogP contribution is 2.20. The van der Waals surface area contributed by atoms with Gasteiger partial charge >= 0.3 is 0 Å². The predicted octanol–water partition coefficient (Wildman–Crippen LogP) is 1.51. The number of anilines is 1. The Morgan fingerprint density at radius 3 is 2.67 bits per heavy atom. The Morgan fingerprint density at radius 2 is 2.13 bits per heavy atom. The highest BCUT2D eigenvalue weighted by Gasteiger charge is 2.20. The third kappa shape index (κ3) is 3.55. The quantitative estimate of drug-likeness (QED) is 0.799. The zero-order valence-corrected chi connectivity index (χ0v) is 10.4. The molecule has 1 N–H and O–H groups in total. The van der Waals surface area contributed by atoms with Crippen molar-refractivity contribution < 1.29 is 0 Å².